The lowest BCUT2D eigenvalue weighted by Gasteiger charge is -2.11. The van der Waals surface area contributed by atoms with E-state index in [1.165, 1.54) is 10.7 Å². The highest BCUT2D eigenvalue weighted by Gasteiger charge is 2.19. The van der Waals surface area contributed by atoms with Gasteiger partial charge in [0.05, 0.1) is 17.9 Å². The van der Waals surface area contributed by atoms with Crippen molar-refractivity contribution in [3.05, 3.63) is 59.7 Å². The maximum Gasteiger partial charge on any atom is 0.253 e. The van der Waals surface area contributed by atoms with E-state index < -0.39 is 0 Å². The molecule has 0 aliphatic carbocycles. The molecule has 0 bridgehead atoms. The molecule has 1 atom stereocenters. The van der Waals surface area contributed by atoms with Gasteiger partial charge >= 0.3 is 0 Å². The summed E-state index contributed by atoms with van der Waals surface area (Å²) in [5.41, 5.74) is 1.53. The number of carbonyl (C=O) groups excluding carboxylic acids is 1. The van der Waals surface area contributed by atoms with Crippen molar-refractivity contribution in [2.45, 2.75) is 26.5 Å². The van der Waals surface area contributed by atoms with Gasteiger partial charge in [0.25, 0.3) is 5.91 Å². The summed E-state index contributed by atoms with van der Waals surface area (Å²) in [7, 11) is 0. The number of rotatable bonds is 7. The topological polar surface area (TPSA) is 153 Å². The molecule has 4 heterocycles. The molecule has 172 valence electrons. The molecule has 0 saturated carbocycles. The summed E-state index contributed by atoms with van der Waals surface area (Å²) in [5, 5.41) is 30.2. The van der Waals surface area contributed by atoms with E-state index in [2.05, 4.69) is 35.7 Å². The number of hydrogen-bond acceptors (Lipinski definition) is 10. The van der Waals surface area contributed by atoms with E-state index >= 15 is 0 Å². The zero-order chi connectivity index (χ0) is 23.7. The monoisotopic (exact) mass is 460 g/mol. The number of ether oxygens (including phenoxy) is 1. The SMILES string of the molecule is Cc1nc(-c2nnc3c4ccccc4c(OCc4ccc(C(=O)NC(C)CO)cn4)nn23)no1. The molecule has 0 aliphatic heterocycles. The summed E-state index contributed by atoms with van der Waals surface area (Å²) in [5.74, 6) is 1.04. The lowest BCUT2D eigenvalue weighted by atomic mass is 10.2. The van der Waals surface area contributed by atoms with E-state index in [0.29, 0.717) is 34.5 Å². The number of carbonyl (C=O) groups is 1. The minimum atomic E-state index is -0.344. The molecule has 12 nitrogen and oxygen atoms in total. The van der Waals surface area contributed by atoms with E-state index in [9.17, 15) is 4.79 Å². The van der Waals surface area contributed by atoms with Crippen molar-refractivity contribution in [2.24, 2.45) is 0 Å². The predicted molar refractivity (Wildman–Crippen MR) is 119 cm³/mol. The molecule has 12 heteroatoms. The van der Waals surface area contributed by atoms with Crippen LogP contribution in [-0.4, -0.2) is 58.6 Å². The molecule has 4 aromatic heterocycles. The van der Waals surface area contributed by atoms with Crippen LogP contribution in [-0.2, 0) is 6.61 Å². The van der Waals surface area contributed by atoms with Gasteiger partial charge in [0.1, 0.15) is 6.61 Å². The second-order valence-electron chi connectivity index (χ2n) is 7.63. The number of fused-ring (bicyclic) bond motifs is 3. The Bertz CT molecular complexity index is 1480. The first-order valence-electron chi connectivity index (χ1n) is 10.5. The van der Waals surface area contributed by atoms with E-state index in [-0.39, 0.29) is 31.0 Å². The maximum atomic E-state index is 12.2. The summed E-state index contributed by atoms with van der Waals surface area (Å²) in [6.45, 7) is 3.38. The number of nitrogens with one attached hydrogen (secondary N) is 1. The molecule has 5 rings (SSSR count). The Balaban J connectivity index is 1.43. The van der Waals surface area contributed by atoms with E-state index in [0.717, 1.165) is 10.8 Å². The van der Waals surface area contributed by atoms with Gasteiger partial charge in [-0.15, -0.1) is 15.3 Å². The second-order valence-corrected chi connectivity index (χ2v) is 7.63. The number of benzene rings is 1. The van der Waals surface area contributed by atoms with Crippen molar-refractivity contribution >= 4 is 22.3 Å². The minimum Gasteiger partial charge on any atom is -0.470 e. The van der Waals surface area contributed by atoms with Gasteiger partial charge < -0.3 is 19.7 Å². The first-order valence-corrected chi connectivity index (χ1v) is 10.5. The van der Waals surface area contributed by atoms with E-state index in [1.54, 1.807) is 26.0 Å². The summed E-state index contributed by atoms with van der Waals surface area (Å²) in [6, 6.07) is 10.6. The Labute approximate surface area is 192 Å². The zero-order valence-electron chi connectivity index (χ0n) is 18.3. The Morgan fingerprint density at radius 2 is 2.03 bits per heavy atom. The molecule has 1 aromatic carbocycles. The quantitative estimate of drug-likeness (QED) is 0.367. The standard InChI is InChI=1S/C22H20N8O4/c1-12(10-31)24-21(32)14-7-8-15(23-9-14)11-33-22-17-6-4-3-5-16(17)19-26-27-20(30(19)28-22)18-25-13(2)34-29-18/h3-9,12,31H,10-11H2,1-2H3,(H,24,32). The normalized spacial score (nSPS) is 12.2. The smallest absolute Gasteiger partial charge is 0.253 e. The molecule has 0 saturated heterocycles. The summed E-state index contributed by atoms with van der Waals surface area (Å²) in [6.07, 6.45) is 1.46. The molecule has 0 aliphatic rings. The van der Waals surface area contributed by atoms with Gasteiger partial charge in [-0.2, -0.15) is 9.50 Å². The van der Waals surface area contributed by atoms with Crippen molar-refractivity contribution in [1.29, 1.82) is 0 Å². The summed E-state index contributed by atoms with van der Waals surface area (Å²) < 4.78 is 12.6. The van der Waals surface area contributed by atoms with Gasteiger partial charge in [0.2, 0.25) is 23.4 Å². The van der Waals surface area contributed by atoms with Crippen molar-refractivity contribution < 1.29 is 19.2 Å². The fourth-order valence-electron chi connectivity index (χ4n) is 3.33. The first-order chi connectivity index (χ1) is 16.5. The van der Waals surface area contributed by atoms with Gasteiger partial charge in [-0.05, 0) is 25.1 Å². The number of aryl methyl sites for hydroxylation is 1. The highest BCUT2D eigenvalue weighted by molar-refractivity contribution is 5.97. The van der Waals surface area contributed by atoms with Crippen LogP contribution in [0, 0.1) is 6.92 Å². The minimum absolute atomic E-state index is 0.121. The molecule has 2 N–H and O–H groups in total. The molecule has 34 heavy (non-hydrogen) atoms. The highest BCUT2D eigenvalue weighted by Crippen LogP contribution is 2.28. The van der Waals surface area contributed by atoms with Crippen molar-refractivity contribution in [3.63, 3.8) is 0 Å². The number of aliphatic hydroxyl groups excluding tert-OH is 1. The number of aliphatic hydroxyl groups is 1. The second kappa shape index (κ2) is 8.83. The highest BCUT2D eigenvalue weighted by atomic mass is 16.5. The van der Waals surface area contributed by atoms with Crippen LogP contribution in [0.1, 0.15) is 28.9 Å². The van der Waals surface area contributed by atoms with Crippen LogP contribution in [0.5, 0.6) is 5.88 Å². The maximum absolute atomic E-state index is 12.2. The van der Waals surface area contributed by atoms with Gasteiger partial charge in [-0.25, -0.2) is 0 Å². The average Bonchev–Trinajstić information content (AvgIpc) is 3.48. The van der Waals surface area contributed by atoms with Crippen LogP contribution in [0.2, 0.25) is 0 Å². The van der Waals surface area contributed by atoms with Gasteiger partial charge in [0, 0.05) is 29.9 Å². The van der Waals surface area contributed by atoms with Crippen LogP contribution in [0.15, 0.2) is 47.1 Å². The fourth-order valence-corrected chi connectivity index (χ4v) is 3.33. The Morgan fingerprint density at radius 1 is 1.21 bits per heavy atom. The van der Waals surface area contributed by atoms with E-state index in [4.69, 9.17) is 14.4 Å². The zero-order valence-corrected chi connectivity index (χ0v) is 18.3. The summed E-state index contributed by atoms with van der Waals surface area (Å²) >= 11 is 0. The third kappa shape index (κ3) is 4.01. The van der Waals surface area contributed by atoms with Gasteiger partial charge in [0.15, 0.2) is 5.65 Å². The Hall–Kier alpha value is -4.45. The van der Waals surface area contributed by atoms with Crippen LogP contribution in [0.4, 0.5) is 0 Å². The molecule has 1 amide bonds. The van der Waals surface area contributed by atoms with Crippen LogP contribution >= 0.6 is 0 Å². The first kappa shape index (κ1) is 21.4. The number of aromatic nitrogens is 7. The third-order valence-corrected chi connectivity index (χ3v) is 5.05. The molecule has 0 radical (unpaired) electrons. The molecular weight excluding hydrogens is 440 g/mol. The molecule has 1 unspecified atom stereocenters. The van der Waals surface area contributed by atoms with Gasteiger partial charge in [-0.3, -0.25) is 9.78 Å². The molecule has 0 spiro atoms. The average molecular weight is 460 g/mol. The lowest BCUT2D eigenvalue weighted by Crippen LogP contribution is -2.35. The summed E-state index contributed by atoms with van der Waals surface area (Å²) in [4.78, 5) is 20.7. The predicted octanol–water partition coefficient (Wildman–Crippen LogP) is 1.72. The third-order valence-electron chi connectivity index (χ3n) is 5.05. The molecular formula is C22H20N8O4. The van der Waals surface area contributed by atoms with Crippen LogP contribution < -0.4 is 10.1 Å². The Morgan fingerprint density at radius 3 is 2.74 bits per heavy atom. The number of amides is 1. The lowest BCUT2D eigenvalue weighted by molar-refractivity contribution is 0.0922. The van der Waals surface area contributed by atoms with Gasteiger partial charge in [-0.1, -0.05) is 23.4 Å². The fraction of sp³-hybridized carbons (Fsp3) is 0.227. The number of nitrogens with zero attached hydrogens (tertiary/aromatic N) is 7. The molecule has 0 fully saturated rings. The van der Waals surface area contributed by atoms with Crippen LogP contribution in [0.3, 0.4) is 0 Å². The Kier molecular flexibility index (Phi) is 5.55. The van der Waals surface area contributed by atoms with Crippen molar-refractivity contribution in [3.8, 4) is 17.5 Å². The molecule has 5 aromatic rings. The number of hydrogen-bond donors (Lipinski definition) is 2. The van der Waals surface area contributed by atoms with E-state index in [1.807, 2.05) is 24.3 Å². The largest absolute Gasteiger partial charge is 0.470 e. The number of pyridine rings is 1. The van der Waals surface area contributed by atoms with Crippen LogP contribution in [0.25, 0.3) is 28.1 Å². The van der Waals surface area contributed by atoms with Crippen molar-refractivity contribution in [2.75, 3.05) is 6.61 Å². The van der Waals surface area contributed by atoms with Crippen molar-refractivity contribution in [1.82, 2.24) is 40.3 Å².